The van der Waals surface area contributed by atoms with Crippen molar-refractivity contribution in [2.45, 2.75) is 0 Å². The number of rotatable bonds is 5. The third kappa shape index (κ3) is 4.92. The number of hydrogen-bond donors (Lipinski definition) is 0. The lowest BCUT2D eigenvalue weighted by molar-refractivity contribution is 1.52. The van der Waals surface area contributed by atoms with E-state index < -0.39 is 0 Å². The first kappa shape index (κ1) is 15.7. The van der Waals surface area contributed by atoms with Crippen molar-refractivity contribution in [2.75, 3.05) is 0 Å². The number of benzene rings is 3. The van der Waals surface area contributed by atoms with E-state index in [0.29, 0.717) is 0 Å². The number of allylic oxidation sites excluding steroid dienone is 2. The minimum atomic E-state index is 0.911. The Morgan fingerprint density at radius 2 is 0.958 bits per heavy atom. The van der Waals surface area contributed by atoms with Crippen LogP contribution in [0.15, 0.2) is 108 Å². The largest absolute Gasteiger partial charge is 0.249 e. The highest BCUT2D eigenvalue weighted by molar-refractivity contribution is 6.09. The molecule has 1 nitrogen and oxygen atoms in total. The molecule has 0 atom stereocenters. The maximum Gasteiger partial charge on any atom is 0.0637 e. The van der Waals surface area contributed by atoms with Gasteiger partial charge in [-0.25, -0.2) is 4.99 Å². The molecule has 0 spiro atoms. The molecule has 0 aliphatic heterocycles. The molecule has 0 heterocycles. The Morgan fingerprint density at radius 1 is 0.542 bits per heavy atom. The summed E-state index contributed by atoms with van der Waals surface area (Å²) < 4.78 is 0. The predicted molar refractivity (Wildman–Crippen MR) is 104 cm³/mol. The van der Waals surface area contributed by atoms with Crippen molar-refractivity contribution in [3.05, 3.63) is 114 Å². The van der Waals surface area contributed by atoms with E-state index in [2.05, 4.69) is 36.4 Å². The van der Waals surface area contributed by atoms with Gasteiger partial charge in [0.1, 0.15) is 0 Å². The molecule has 116 valence electrons. The highest BCUT2D eigenvalue weighted by Gasteiger charge is 1.93. The second kappa shape index (κ2) is 8.44. The van der Waals surface area contributed by atoms with Crippen molar-refractivity contribution >= 4 is 23.6 Å². The summed E-state index contributed by atoms with van der Waals surface area (Å²) in [5.74, 6) is 0. The molecule has 1 heteroatoms. The minimum absolute atomic E-state index is 0.911. The van der Waals surface area contributed by atoms with Gasteiger partial charge in [-0.05, 0) is 35.4 Å². The Kier molecular flexibility index (Phi) is 5.52. The molecule has 0 unspecified atom stereocenters. The zero-order chi connectivity index (χ0) is 16.5. The van der Waals surface area contributed by atoms with Crippen LogP contribution in [0.4, 0.5) is 5.69 Å². The van der Waals surface area contributed by atoms with Crippen LogP contribution < -0.4 is 0 Å². The van der Waals surface area contributed by atoms with Gasteiger partial charge in [-0.2, -0.15) is 0 Å². The Bertz CT molecular complexity index is 777. The molecule has 3 aromatic rings. The van der Waals surface area contributed by atoms with Crippen LogP contribution in [0, 0.1) is 0 Å². The van der Waals surface area contributed by atoms with E-state index >= 15 is 0 Å². The Hall–Kier alpha value is -3.19. The summed E-state index contributed by atoms with van der Waals surface area (Å²) in [5.41, 5.74) is 4.18. The maximum atomic E-state index is 4.73. The highest BCUT2D eigenvalue weighted by Crippen LogP contribution is 2.12. The van der Waals surface area contributed by atoms with Gasteiger partial charge < -0.3 is 0 Å². The van der Waals surface area contributed by atoms with Gasteiger partial charge in [0.2, 0.25) is 0 Å². The van der Waals surface area contributed by atoms with Gasteiger partial charge in [0.05, 0.1) is 11.4 Å². The first-order valence-corrected chi connectivity index (χ1v) is 8.00. The second-order valence-electron chi connectivity index (χ2n) is 5.36. The van der Waals surface area contributed by atoms with Gasteiger partial charge in [-0.15, -0.1) is 0 Å². The fraction of sp³-hybridized carbons (Fsp3) is 0. The minimum Gasteiger partial charge on any atom is -0.249 e. The Morgan fingerprint density at radius 3 is 1.42 bits per heavy atom. The molecular weight excluding hydrogens is 290 g/mol. The highest BCUT2D eigenvalue weighted by atomic mass is 14.7. The van der Waals surface area contributed by atoms with E-state index in [0.717, 1.165) is 22.5 Å². The normalized spacial score (nSPS) is 11.0. The van der Waals surface area contributed by atoms with E-state index in [1.54, 1.807) is 0 Å². The molecule has 0 radical (unpaired) electrons. The molecule has 0 saturated carbocycles. The molecule has 3 aromatic carbocycles. The van der Waals surface area contributed by atoms with E-state index in [9.17, 15) is 0 Å². The molecule has 0 bridgehead atoms. The second-order valence-corrected chi connectivity index (χ2v) is 5.36. The molecule has 0 aliphatic carbocycles. The molecule has 24 heavy (non-hydrogen) atoms. The molecular formula is C23H19N. The summed E-state index contributed by atoms with van der Waals surface area (Å²) in [4.78, 5) is 4.73. The molecule has 0 aliphatic rings. The van der Waals surface area contributed by atoms with Crippen LogP contribution in [0.25, 0.3) is 12.2 Å². The van der Waals surface area contributed by atoms with Crippen molar-refractivity contribution < 1.29 is 0 Å². The SMILES string of the molecule is C(=C\c1ccccc1)/C(/C=C/c1ccccc1)=Nc1ccccc1. The zero-order valence-corrected chi connectivity index (χ0v) is 13.4. The maximum absolute atomic E-state index is 4.73. The summed E-state index contributed by atoms with van der Waals surface area (Å²) in [6.45, 7) is 0. The van der Waals surface area contributed by atoms with Crippen molar-refractivity contribution in [3.63, 3.8) is 0 Å². The quantitative estimate of drug-likeness (QED) is 0.499. The first-order valence-electron chi connectivity index (χ1n) is 8.00. The fourth-order valence-corrected chi connectivity index (χ4v) is 2.27. The summed E-state index contributed by atoms with van der Waals surface area (Å²) in [5, 5.41) is 0. The lowest BCUT2D eigenvalue weighted by Gasteiger charge is -1.98. The Labute approximate surface area is 143 Å². The van der Waals surface area contributed by atoms with E-state index in [1.165, 1.54) is 0 Å². The van der Waals surface area contributed by atoms with E-state index in [4.69, 9.17) is 4.99 Å². The standard InChI is InChI=1S/C23H19N/c1-4-10-20(11-5-1)16-18-23(24-22-14-8-3-9-15-22)19-17-21-12-6-2-7-13-21/h1-19H/b18-16+,19-17+. The van der Waals surface area contributed by atoms with Crippen LogP contribution >= 0.6 is 0 Å². The van der Waals surface area contributed by atoms with E-state index in [-0.39, 0.29) is 0 Å². The first-order chi connectivity index (χ1) is 11.9. The number of aliphatic imine (C=N–C) groups is 1. The molecule has 0 fully saturated rings. The van der Waals surface area contributed by atoms with Crippen LogP contribution in [0.5, 0.6) is 0 Å². The predicted octanol–water partition coefficient (Wildman–Crippen LogP) is 6.19. The summed E-state index contributed by atoms with van der Waals surface area (Å²) in [7, 11) is 0. The molecule has 0 aromatic heterocycles. The lowest BCUT2D eigenvalue weighted by atomic mass is 10.1. The number of hydrogen-bond acceptors (Lipinski definition) is 1. The Balaban J connectivity index is 1.87. The van der Waals surface area contributed by atoms with Gasteiger partial charge >= 0.3 is 0 Å². The van der Waals surface area contributed by atoms with Crippen LogP contribution in [0.3, 0.4) is 0 Å². The van der Waals surface area contributed by atoms with Crippen molar-refractivity contribution in [2.24, 2.45) is 4.99 Å². The third-order valence-electron chi connectivity index (χ3n) is 3.51. The summed E-state index contributed by atoms with van der Waals surface area (Å²) >= 11 is 0. The smallest absolute Gasteiger partial charge is 0.0637 e. The van der Waals surface area contributed by atoms with Gasteiger partial charge in [-0.3, -0.25) is 0 Å². The van der Waals surface area contributed by atoms with E-state index in [1.807, 2.05) is 78.9 Å². The summed E-state index contributed by atoms with van der Waals surface area (Å²) in [6.07, 6.45) is 8.25. The van der Waals surface area contributed by atoms with Crippen LogP contribution in [-0.4, -0.2) is 5.71 Å². The number of para-hydroxylation sites is 1. The molecule has 0 saturated heterocycles. The topological polar surface area (TPSA) is 12.4 Å². The lowest BCUT2D eigenvalue weighted by Crippen LogP contribution is -1.87. The van der Waals surface area contributed by atoms with Gasteiger partial charge in [0, 0.05) is 0 Å². The monoisotopic (exact) mass is 309 g/mol. The van der Waals surface area contributed by atoms with Crippen molar-refractivity contribution in [1.82, 2.24) is 0 Å². The van der Waals surface area contributed by atoms with Crippen molar-refractivity contribution in [3.8, 4) is 0 Å². The third-order valence-corrected chi connectivity index (χ3v) is 3.51. The average Bonchev–Trinajstić information content (AvgIpc) is 2.66. The van der Waals surface area contributed by atoms with Gasteiger partial charge in [0.25, 0.3) is 0 Å². The average molecular weight is 309 g/mol. The zero-order valence-electron chi connectivity index (χ0n) is 13.4. The van der Waals surface area contributed by atoms with Gasteiger partial charge in [-0.1, -0.05) is 91.0 Å². The fourth-order valence-electron chi connectivity index (χ4n) is 2.27. The van der Waals surface area contributed by atoms with Crippen LogP contribution in [0.1, 0.15) is 11.1 Å². The molecule has 0 amide bonds. The molecule has 0 N–H and O–H groups in total. The van der Waals surface area contributed by atoms with Crippen LogP contribution in [-0.2, 0) is 0 Å². The number of nitrogens with zero attached hydrogens (tertiary/aromatic N) is 1. The molecule has 3 rings (SSSR count). The van der Waals surface area contributed by atoms with Gasteiger partial charge in [0.15, 0.2) is 0 Å². The van der Waals surface area contributed by atoms with Crippen molar-refractivity contribution in [1.29, 1.82) is 0 Å². The van der Waals surface area contributed by atoms with Crippen LogP contribution in [0.2, 0.25) is 0 Å². The summed E-state index contributed by atoms with van der Waals surface area (Å²) in [6, 6.07) is 30.5.